The summed E-state index contributed by atoms with van der Waals surface area (Å²) in [6.45, 7) is 5.12. The second-order valence-corrected chi connectivity index (χ2v) is 8.99. The number of carbonyl (C=O) groups excluding carboxylic acids is 1. The minimum absolute atomic E-state index is 0.0785. The van der Waals surface area contributed by atoms with Gasteiger partial charge in [-0.25, -0.2) is 0 Å². The maximum Gasteiger partial charge on any atom is 0.305 e. The van der Waals surface area contributed by atoms with E-state index in [1.807, 2.05) is 37.3 Å². The molecule has 1 atom stereocenters. The van der Waals surface area contributed by atoms with E-state index in [2.05, 4.69) is 6.92 Å². The van der Waals surface area contributed by atoms with Gasteiger partial charge in [0, 0.05) is 6.42 Å². The van der Waals surface area contributed by atoms with Crippen molar-refractivity contribution in [1.82, 2.24) is 0 Å². The molecule has 0 aromatic heterocycles. The zero-order valence-corrected chi connectivity index (χ0v) is 20.4. The molecule has 0 amide bonds. The average molecular weight is 433 g/mol. The molecule has 0 radical (unpaired) electrons. The van der Waals surface area contributed by atoms with Crippen molar-refractivity contribution in [3.8, 4) is 0 Å². The van der Waals surface area contributed by atoms with Crippen LogP contribution in [-0.2, 0) is 20.9 Å². The van der Waals surface area contributed by atoms with Crippen molar-refractivity contribution in [2.45, 2.75) is 129 Å². The molecule has 0 aliphatic heterocycles. The Balaban J connectivity index is 1.81. The van der Waals surface area contributed by atoms with E-state index in [0.29, 0.717) is 19.6 Å². The lowest BCUT2D eigenvalue weighted by Crippen LogP contribution is -2.18. The fourth-order valence-corrected chi connectivity index (χ4v) is 3.78. The first-order chi connectivity index (χ1) is 15.2. The first-order valence-corrected chi connectivity index (χ1v) is 13.0. The van der Waals surface area contributed by atoms with Crippen LogP contribution in [0.5, 0.6) is 0 Å². The zero-order valence-electron chi connectivity index (χ0n) is 20.4. The van der Waals surface area contributed by atoms with E-state index in [0.717, 1.165) is 18.4 Å². The molecule has 0 N–H and O–H groups in total. The fraction of sp³-hybridized carbons (Fsp3) is 0.750. The fourth-order valence-electron chi connectivity index (χ4n) is 3.78. The van der Waals surface area contributed by atoms with Gasteiger partial charge in [0.2, 0.25) is 0 Å². The van der Waals surface area contributed by atoms with E-state index in [4.69, 9.17) is 9.47 Å². The highest BCUT2D eigenvalue weighted by Crippen LogP contribution is 2.14. The van der Waals surface area contributed by atoms with E-state index in [1.54, 1.807) is 0 Å². The number of benzene rings is 1. The topological polar surface area (TPSA) is 35.5 Å². The van der Waals surface area contributed by atoms with Gasteiger partial charge in [-0.1, -0.05) is 127 Å². The van der Waals surface area contributed by atoms with Gasteiger partial charge in [-0.15, -0.1) is 0 Å². The Kier molecular flexibility index (Phi) is 18.3. The van der Waals surface area contributed by atoms with Gasteiger partial charge in [0.25, 0.3) is 0 Å². The van der Waals surface area contributed by atoms with Gasteiger partial charge in [0.05, 0.1) is 12.7 Å². The molecule has 0 saturated carbocycles. The molecule has 0 aliphatic rings. The van der Waals surface area contributed by atoms with Crippen molar-refractivity contribution in [2.24, 2.45) is 0 Å². The van der Waals surface area contributed by atoms with Gasteiger partial charge in [-0.2, -0.15) is 0 Å². The van der Waals surface area contributed by atoms with E-state index >= 15 is 0 Å². The maximum atomic E-state index is 11.9. The molecule has 1 aromatic carbocycles. The molecular weight excluding hydrogens is 384 g/mol. The summed E-state index contributed by atoms with van der Waals surface area (Å²) >= 11 is 0. The van der Waals surface area contributed by atoms with Gasteiger partial charge < -0.3 is 9.47 Å². The summed E-state index contributed by atoms with van der Waals surface area (Å²) in [5, 5.41) is 0. The van der Waals surface area contributed by atoms with Crippen LogP contribution in [0.15, 0.2) is 30.3 Å². The molecule has 1 aromatic rings. The Morgan fingerprint density at radius 2 is 1.23 bits per heavy atom. The number of hydrogen-bond donors (Lipinski definition) is 0. The van der Waals surface area contributed by atoms with Crippen molar-refractivity contribution in [3.63, 3.8) is 0 Å². The van der Waals surface area contributed by atoms with Crippen molar-refractivity contribution in [1.29, 1.82) is 0 Å². The van der Waals surface area contributed by atoms with Crippen molar-refractivity contribution >= 4 is 5.97 Å². The third-order valence-electron chi connectivity index (χ3n) is 5.84. The smallest absolute Gasteiger partial charge is 0.305 e. The Labute approximate surface area is 192 Å². The summed E-state index contributed by atoms with van der Waals surface area (Å²) in [5.41, 5.74) is 1.14. The van der Waals surface area contributed by atoms with Gasteiger partial charge in [-0.3, -0.25) is 4.79 Å². The second-order valence-electron chi connectivity index (χ2n) is 8.99. The molecule has 178 valence electrons. The Bertz CT molecular complexity index is 514. The van der Waals surface area contributed by atoms with E-state index < -0.39 is 0 Å². The molecule has 0 spiro atoms. The quantitative estimate of drug-likeness (QED) is 0.144. The molecule has 0 bridgehead atoms. The monoisotopic (exact) mass is 432 g/mol. The summed E-state index contributed by atoms with van der Waals surface area (Å²) in [7, 11) is 0. The van der Waals surface area contributed by atoms with E-state index in [-0.39, 0.29) is 12.1 Å². The van der Waals surface area contributed by atoms with Crippen LogP contribution in [-0.4, -0.2) is 18.7 Å². The molecular formula is C28H48O3. The average Bonchev–Trinajstić information content (AvgIpc) is 2.79. The lowest BCUT2D eigenvalue weighted by Gasteiger charge is -2.13. The minimum atomic E-state index is -0.0927. The van der Waals surface area contributed by atoms with Crippen LogP contribution in [0, 0.1) is 0 Å². The highest BCUT2D eigenvalue weighted by Gasteiger charge is 2.08. The predicted molar refractivity (Wildman–Crippen MR) is 131 cm³/mol. The molecule has 1 unspecified atom stereocenters. The number of carbonyl (C=O) groups is 1. The first-order valence-electron chi connectivity index (χ1n) is 13.0. The SMILES string of the molecule is CCCCCCCCCCCCCCCCCC(=O)OCC(C)OCc1ccccc1. The zero-order chi connectivity index (χ0) is 22.4. The Hall–Kier alpha value is -1.35. The highest BCUT2D eigenvalue weighted by atomic mass is 16.6. The summed E-state index contributed by atoms with van der Waals surface area (Å²) in [6, 6.07) is 10.1. The highest BCUT2D eigenvalue weighted by molar-refractivity contribution is 5.69. The van der Waals surface area contributed by atoms with Crippen LogP contribution in [0.1, 0.15) is 122 Å². The predicted octanol–water partition coefficient (Wildman–Crippen LogP) is 8.40. The third kappa shape index (κ3) is 18.0. The standard InChI is InChI=1S/C28H48O3/c1-3-4-5-6-7-8-9-10-11-12-13-14-15-16-20-23-28(29)31-24-26(2)30-25-27-21-18-17-19-22-27/h17-19,21-22,26H,3-16,20,23-25H2,1-2H3. The summed E-state index contributed by atoms with van der Waals surface area (Å²) in [6.07, 6.45) is 20.5. The van der Waals surface area contributed by atoms with Crippen molar-refractivity contribution < 1.29 is 14.3 Å². The lowest BCUT2D eigenvalue weighted by atomic mass is 10.0. The van der Waals surface area contributed by atoms with Crippen LogP contribution in [0.2, 0.25) is 0 Å². The normalized spacial score (nSPS) is 12.1. The molecule has 31 heavy (non-hydrogen) atoms. The molecule has 0 heterocycles. The van der Waals surface area contributed by atoms with Crippen molar-refractivity contribution in [3.05, 3.63) is 35.9 Å². The number of esters is 1. The summed E-state index contributed by atoms with van der Waals surface area (Å²) in [4.78, 5) is 11.9. The van der Waals surface area contributed by atoms with Gasteiger partial charge >= 0.3 is 5.97 Å². The molecule has 0 aliphatic carbocycles. The largest absolute Gasteiger partial charge is 0.463 e. The Morgan fingerprint density at radius 3 is 1.74 bits per heavy atom. The molecule has 0 saturated heterocycles. The van der Waals surface area contributed by atoms with E-state index in [9.17, 15) is 4.79 Å². The molecule has 0 fully saturated rings. The number of rotatable bonds is 21. The second kappa shape index (κ2) is 20.5. The van der Waals surface area contributed by atoms with Gasteiger partial charge in [0.15, 0.2) is 0 Å². The molecule has 1 rings (SSSR count). The number of hydrogen-bond acceptors (Lipinski definition) is 3. The lowest BCUT2D eigenvalue weighted by molar-refractivity contribution is -0.147. The van der Waals surface area contributed by atoms with Gasteiger partial charge in [0.1, 0.15) is 6.61 Å². The van der Waals surface area contributed by atoms with Crippen molar-refractivity contribution in [2.75, 3.05) is 6.61 Å². The van der Waals surface area contributed by atoms with Crippen LogP contribution in [0.4, 0.5) is 0 Å². The number of ether oxygens (including phenoxy) is 2. The van der Waals surface area contributed by atoms with Gasteiger partial charge in [-0.05, 0) is 18.9 Å². The minimum Gasteiger partial charge on any atom is -0.463 e. The molecule has 3 heteroatoms. The molecule has 3 nitrogen and oxygen atoms in total. The Morgan fingerprint density at radius 1 is 0.742 bits per heavy atom. The van der Waals surface area contributed by atoms with Crippen LogP contribution in [0.3, 0.4) is 0 Å². The van der Waals surface area contributed by atoms with Crippen LogP contribution >= 0.6 is 0 Å². The van der Waals surface area contributed by atoms with Crippen LogP contribution < -0.4 is 0 Å². The number of unbranched alkanes of at least 4 members (excludes halogenated alkanes) is 14. The van der Waals surface area contributed by atoms with E-state index in [1.165, 1.54) is 83.5 Å². The van der Waals surface area contributed by atoms with Crippen LogP contribution in [0.25, 0.3) is 0 Å². The summed E-state index contributed by atoms with van der Waals surface area (Å²) < 4.78 is 11.1. The summed E-state index contributed by atoms with van der Waals surface area (Å²) in [5.74, 6) is -0.0927. The maximum absolute atomic E-state index is 11.9. The first kappa shape index (κ1) is 27.7. The third-order valence-corrected chi connectivity index (χ3v) is 5.84.